The number of halogens is 1. The van der Waals surface area contributed by atoms with Crippen LogP contribution in [0.4, 0.5) is 9.18 Å². The lowest BCUT2D eigenvalue weighted by Crippen LogP contribution is -2.46. The van der Waals surface area contributed by atoms with Crippen LogP contribution in [0.15, 0.2) is 43.5 Å². The molecule has 9 heteroatoms. The van der Waals surface area contributed by atoms with Crippen LogP contribution in [0.5, 0.6) is 5.75 Å². The summed E-state index contributed by atoms with van der Waals surface area (Å²) in [6.45, 7) is 10.5. The third kappa shape index (κ3) is 8.88. The second-order valence-corrected chi connectivity index (χ2v) is 7.97. The maximum atomic E-state index is 14.1. The highest BCUT2D eigenvalue weighted by molar-refractivity contribution is 5.79. The van der Waals surface area contributed by atoms with E-state index in [9.17, 15) is 18.8 Å². The molecular formula is C25H33FN2O6. The molecule has 186 valence electrons. The normalized spacial score (nSPS) is 15.6. The van der Waals surface area contributed by atoms with Gasteiger partial charge >= 0.3 is 6.16 Å². The second-order valence-electron chi connectivity index (χ2n) is 7.97. The lowest BCUT2D eigenvalue weighted by Gasteiger charge is -2.23. The average Bonchev–Trinajstić information content (AvgIpc) is 3.23. The molecule has 1 aliphatic heterocycles. The van der Waals surface area contributed by atoms with Crippen molar-refractivity contribution in [3.05, 3.63) is 54.9 Å². The van der Waals surface area contributed by atoms with Crippen molar-refractivity contribution >= 4 is 18.0 Å². The Morgan fingerprint density at radius 1 is 1.29 bits per heavy atom. The van der Waals surface area contributed by atoms with Crippen molar-refractivity contribution in [2.24, 2.45) is 0 Å². The smallest absolute Gasteiger partial charge is 0.489 e. The van der Waals surface area contributed by atoms with E-state index in [1.165, 1.54) is 12.1 Å². The first-order valence-electron chi connectivity index (χ1n) is 11.4. The zero-order valence-electron chi connectivity index (χ0n) is 19.6. The van der Waals surface area contributed by atoms with Gasteiger partial charge in [0, 0.05) is 32.0 Å². The minimum Gasteiger partial charge on any atom is -0.489 e. The van der Waals surface area contributed by atoms with E-state index in [4.69, 9.17) is 14.2 Å². The van der Waals surface area contributed by atoms with Gasteiger partial charge in [0.2, 0.25) is 11.8 Å². The van der Waals surface area contributed by atoms with E-state index in [-0.39, 0.29) is 44.3 Å². The highest BCUT2D eigenvalue weighted by Gasteiger charge is 2.34. The molecule has 0 unspecified atom stereocenters. The molecule has 2 rings (SSSR count). The number of benzene rings is 1. The summed E-state index contributed by atoms with van der Waals surface area (Å²) in [5.74, 6) is -0.493. The van der Waals surface area contributed by atoms with Crippen LogP contribution in [0.2, 0.25) is 0 Å². The molecule has 1 heterocycles. The molecule has 0 saturated carbocycles. The van der Waals surface area contributed by atoms with Crippen molar-refractivity contribution in [1.82, 2.24) is 10.2 Å². The maximum Gasteiger partial charge on any atom is 0.508 e. The first kappa shape index (κ1) is 26.9. The number of cyclic esters (lactones) is 2. The molecule has 1 aromatic rings. The van der Waals surface area contributed by atoms with Gasteiger partial charge in [0.15, 0.2) is 6.10 Å². The third-order valence-electron chi connectivity index (χ3n) is 5.15. The first-order valence-corrected chi connectivity index (χ1v) is 11.4. The van der Waals surface area contributed by atoms with Gasteiger partial charge in [-0.15, -0.1) is 6.58 Å². The van der Waals surface area contributed by atoms with Crippen molar-refractivity contribution in [3.8, 4) is 5.75 Å². The SMILES string of the molecule is C=CCOc1cc(F)cc(C[C@H](NC(=O)CCCC(=O)N(CC=C)CCC)[C@H]2COC(=O)O2)c1. The molecule has 1 N–H and O–H groups in total. The summed E-state index contributed by atoms with van der Waals surface area (Å²) in [6, 6.07) is 3.60. The molecule has 1 fully saturated rings. The van der Waals surface area contributed by atoms with E-state index in [1.807, 2.05) is 6.92 Å². The highest BCUT2D eigenvalue weighted by atomic mass is 19.1. The Bertz CT molecular complexity index is 875. The summed E-state index contributed by atoms with van der Waals surface area (Å²) in [5.41, 5.74) is 0.558. The third-order valence-corrected chi connectivity index (χ3v) is 5.15. The molecule has 2 atom stereocenters. The van der Waals surface area contributed by atoms with Gasteiger partial charge in [-0.1, -0.05) is 25.7 Å². The summed E-state index contributed by atoms with van der Waals surface area (Å²) >= 11 is 0. The van der Waals surface area contributed by atoms with Gasteiger partial charge in [-0.2, -0.15) is 0 Å². The predicted molar refractivity (Wildman–Crippen MR) is 125 cm³/mol. The van der Waals surface area contributed by atoms with Crippen molar-refractivity contribution in [1.29, 1.82) is 0 Å². The molecule has 0 aliphatic carbocycles. The molecule has 34 heavy (non-hydrogen) atoms. The Morgan fingerprint density at radius 3 is 2.74 bits per heavy atom. The molecule has 0 radical (unpaired) electrons. The zero-order valence-corrected chi connectivity index (χ0v) is 19.6. The quantitative estimate of drug-likeness (QED) is 0.307. The van der Waals surface area contributed by atoms with Crippen LogP contribution < -0.4 is 10.1 Å². The second kappa shape index (κ2) is 14.0. The van der Waals surface area contributed by atoms with Crippen LogP contribution in [0.3, 0.4) is 0 Å². The van der Waals surface area contributed by atoms with Gasteiger partial charge in [0.1, 0.15) is 24.8 Å². The van der Waals surface area contributed by atoms with Crippen molar-refractivity contribution < 1.29 is 33.0 Å². The van der Waals surface area contributed by atoms with Crippen molar-refractivity contribution in [2.75, 3.05) is 26.3 Å². The number of rotatable bonds is 15. The Labute approximate surface area is 199 Å². The molecule has 0 spiro atoms. The number of ether oxygens (including phenoxy) is 3. The molecular weight excluding hydrogens is 443 g/mol. The summed E-state index contributed by atoms with van der Waals surface area (Å²) < 4.78 is 29.5. The Hall–Kier alpha value is -3.36. The topological polar surface area (TPSA) is 94.2 Å². The largest absolute Gasteiger partial charge is 0.508 e. The lowest BCUT2D eigenvalue weighted by atomic mass is 10.0. The Morgan fingerprint density at radius 2 is 2.09 bits per heavy atom. The van der Waals surface area contributed by atoms with E-state index in [2.05, 4.69) is 18.5 Å². The fourth-order valence-electron chi connectivity index (χ4n) is 3.63. The monoisotopic (exact) mass is 476 g/mol. The van der Waals surface area contributed by atoms with E-state index < -0.39 is 24.1 Å². The van der Waals surface area contributed by atoms with Crippen LogP contribution in [-0.2, 0) is 25.5 Å². The standard InChI is InChI=1S/C25H33FN2O6/c1-4-10-28(11-5-2)24(30)9-7-8-23(29)27-21(22-17-33-25(31)34-22)15-18-13-19(26)16-20(14-18)32-12-6-3/h4,6,13-14,16,21-22H,1,3,5,7-12,15,17H2,2H3,(H,27,29)/t21-,22+/m0/s1. The minimum atomic E-state index is -0.817. The minimum absolute atomic E-state index is 0.0229. The van der Waals surface area contributed by atoms with E-state index in [0.717, 1.165) is 6.42 Å². The lowest BCUT2D eigenvalue weighted by molar-refractivity contribution is -0.131. The van der Waals surface area contributed by atoms with Gasteiger partial charge < -0.3 is 24.4 Å². The van der Waals surface area contributed by atoms with Gasteiger partial charge in [-0.3, -0.25) is 9.59 Å². The van der Waals surface area contributed by atoms with Crippen LogP contribution in [0, 0.1) is 5.82 Å². The van der Waals surface area contributed by atoms with Crippen molar-refractivity contribution in [3.63, 3.8) is 0 Å². The number of amides is 2. The number of nitrogens with zero attached hydrogens (tertiary/aromatic N) is 1. The van der Waals surface area contributed by atoms with Crippen LogP contribution >= 0.6 is 0 Å². The van der Waals surface area contributed by atoms with E-state index in [0.29, 0.717) is 30.8 Å². The summed E-state index contributed by atoms with van der Waals surface area (Å²) in [7, 11) is 0. The number of nitrogens with one attached hydrogen (secondary N) is 1. The van der Waals surface area contributed by atoms with E-state index >= 15 is 0 Å². The molecule has 1 saturated heterocycles. The molecule has 0 aromatic heterocycles. The predicted octanol–water partition coefficient (Wildman–Crippen LogP) is 3.55. The van der Waals surface area contributed by atoms with Crippen LogP contribution in [-0.4, -0.2) is 61.3 Å². The van der Waals surface area contributed by atoms with Crippen LogP contribution in [0.25, 0.3) is 0 Å². The summed E-state index contributed by atoms with van der Waals surface area (Å²) in [5, 5.41) is 2.85. The molecule has 1 aliphatic rings. The number of carbonyl (C=O) groups excluding carboxylic acids is 3. The van der Waals surface area contributed by atoms with Gasteiger partial charge in [0.05, 0.1) is 6.04 Å². The number of carbonyl (C=O) groups is 3. The molecule has 0 bridgehead atoms. The van der Waals surface area contributed by atoms with Gasteiger partial charge in [-0.25, -0.2) is 9.18 Å². The molecule has 1 aromatic carbocycles. The van der Waals surface area contributed by atoms with Gasteiger partial charge in [0.25, 0.3) is 0 Å². The fraction of sp³-hybridized carbons (Fsp3) is 0.480. The first-order chi connectivity index (χ1) is 16.4. The number of hydrogen-bond acceptors (Lipinski definition) is 6. The molecule has 8 nitrogen and oxygen atoms in total. The average molecular weight is 477 g/mol. The van der Waals surface area contributed by atoms with Gasteiger partial charge in [-0.05, 0) is 37.0 Å². The summed E-state index contributed by atoms with van der Waals surface area (Å²) in [4.78, 5) is 38.1. The van der Waals surface area contributed by atoms with Crippen molar-refractivity contribution in [2.45, 2.75) is 51.2 Å². The zero-order chi connectivity index (χ0) is 24.9. The summed E-state index contributed by atoms with van der Waals surface area (Å²) in [6.07, 6.45) is 3.45. The highest BCUT2D eigenvalue weighted by Crippen LogP contribution is 2.21. The fourth-order valence-corrected chi connectivity index (χ4v) is 3.63. The van der Waals surface area contributed by atoms with E-state index in [1.54, 1.807) is 23.1 Å². The van der Waals surface area contributed by atoms with Crippen LogP contribution in [0.1, 0.15) is 38.2 Å². The number of hydrogen-bond donors (Lipinski definition) is 1. The molecule has 2 amide bonds. The Kier molecular flexibility index (Phi) is 11.1. The Balaban J connectivity index is 1.99. The maximum absolute atomic E-state index is 14.1.